The number of piperidine rings is 2. The monoisotopic (exact) mass is 259 g/mol. The van der Waals surface area contributed by atoms with Crippen molar-refractivity contribution in [2.45, 2.75) is 32.6 Å². The second kappa shape index (κ2) is 5.49. The van der Waals surface area contributed by atoms with E-state index < -0.39 is 0 Å². The summed E-state index contributed by atoms with van der Waals surface area (Å²) in [5.74, 6) is 0. The summed E-state index contributed by atoms with van der Waals surface area (Å²) in [5.41, 5.74) is 1.93. The van der Waals surface area contributed by atoms with Gasteiger partial charge >= 0.3 is 0 Å². The molecule has 2 aliphatic heterocycles. The maximum atomic E-state index is 4.13. The highest BCUT2D eigenvalue weighted by molar-refractivity contribution is 5.45. The third kappa shape index (κ3) is 2.76. The molecule has 0 amide bonds. The Morgan fingerprint density at radius 1 is 1.11 bits per heavy atom. The third-order valence-electron chi connectivity index (χ3n) is 5.05. The zero-order chi connectivity index (χ0) is 13.1. The summed E-state index contributed by atoms with van der Waals surface area (Å²) in [4.78, 5) is 9.30. The molecule has 19 heavy (non-hydrogen) atoms. The first-order chi connectivity index (χ1) is 9.31. The van der Waals surface area contributed by atoms with Gasteiger partial charge in [0.05, 0.1) is 0 Å². The van der Waals surface area contributed by atoms with Crippen LogP contribution in [0.3, 0.4) is 0 Å². The van der Waals surface area contributed by atoms with E-state index in [1.54, 1.807) is 0 Å². The Morgan fingerprint density at radius 3 is 2.53 bits per heavy atom. The standard InChI is InChI=1S/C16H25N3/c1-2-18-12-7-16(8-13-18)6-3-11-19(14-16)15-4-9-17-10-5-15/h4-5,9-10H,2-3,6-8,11-14H2,1H3. The molecule has 0 N–H and O–H groups in total. The van der Waals surface area contributed by atoms with E-state index in [0.29, 0.717) is 5.41 Å². The first kappa shape index (κ1) is 12.9. The fraction of sp³-hybridized carbons (Fsp3) is 0.688. The molecular formula is C16H25N3. The lowest BCUT2D eigenvalue weighted by Crippen LogP contribution is -2.49. The van der Waals surface area contributed by atoms with Crippen molar-refractivity contribution < 1.29 is 0 Å². The van der Waals surface area contributed by atoms with Crippen molar-refractivity contribution in [3.63, 3.8) is 0 Å². The largest absolute Gasteiger partial charge is 0.371 e. The minimum absolute atomic E-state index is 0.577. The number of likely N-dealkylation sites (tertiary alicyclic amines) is 1. The molecule has 104 valence electrons. The number of nitrogens with zero attached hydrogens (tertiary/aromatic N) is 3. The van der Waals surface area contributed by atoms with Gasteiger partial charge in [-0.25, -0.2) is 0 Å². The van der Waals surface area contributed by atoms with Gasteiger partial charge in [-0.05, 0) is 62.9 Å². The number of hydrogen-bond donors (Lipinski definition) is 0. The summed E-state index contributed by atoms with van der Waals surface area (Å²) in [7, 11) is 0. The van der Waals surface area contributed by atoms with E-state index in [1.807, 2.05) is 12.4 Å². The molecule has 2 aliphatic rings. The Balaban J connectivity index is 1.68. The number of pyridine rings is 1. The normalized spacial score (nSPS) is 23.7. The zero-order valence-electron chi connectivity index (χ0n) is 12.0. The van der Waals surface area contributed by atoms with E-state index in [4.69, 9.17) is 0 Å². The maximum Gasteiger partial charge on any atom is 0.0397 e. The SMILES string of the molecule is CCN1CCC2(CCCN(c3ccncc3)C2)CC1. The van der Waals surface area contributed by atoms with E-state index in [1.165, 1.54) is 64.1 Å². The average Bonchev–Trinajstić information content (AvgIpc) is 2.49. The van der Waals surface area contributed by atoms with Crippen molar-refractivity contribution in [3.8, 4) is 0 Å². The van der Waals surface area contributed by atoms with Crippen LogP contribution in [0.25, 0.3) is 0 Å². The molecule has 2 saturated heterocycles. The molecule has 1 aromatic rings. The van der Waals surface area contributed by atoms with Crippen LogP contribution in [0, 0.1) is 5.41 Å². The maximum absolute atomic E-state index is 4.13. The number of rotatable bonds is 2. The van der Waals surface area contributed by atoms with Gasteiger partial charge in [-0.15, -0.1) is 0 Å². The molecule has 3 heterocycles. The Kier molecular flexibility index (Phi) is 3.74. The topological polar surface area (TPSA) is 19.4 Å². The second-order valence-electron chi connectivity index (χ2n) is 6.16. The Bertz CT molecular complexity index is 396. The quantitative estimate of drug-likeness (QED) is 0.814. The minimum Gasteiger partial charge on any atom is -0.371 e. The predicted octanol–water partition coefficient (Wildman–Crippen LogP) is 2.78. The predicted molar refractivity (Wildman–Crippen MR) is 79.5 cm³/mol. The van der Waals surface area contributed by atoms with Crippen molar-refractivity contribution in [3.05, 3.63) is 24.5 Å². The fourth-order valence-electron chi connectivity index (χ4n) is 3.73. The molecule has 0 bridgehead atoms. The van der Waals surface area contributed by atoms with Crippen LogP contribution in [0.4, 0.5) is 5.69 Å². The van der Waals surface area contributed by atoms with E-state index >= 15 is 0 Å². The van der Waals surface area contributed by atoms with Crippen molar-refractivity contribution in [1.82, 2.24) is 9.88 Å². The molecule has 0 saturated carbocycles. The van der Waals surface area contributed by atoms with Crippen LogP contribution in [0.1, 0.15) is 32.6 Å². The fourth-order valence-corrected chi connectivity index (χ4v) is 3.73. The van der Waals surface area contributed by atoms with Crippen LogP contribution < -0.4 is 4.90 Å². The molecule has 0 radical (unpaired) electrons. The Morgan fingerprint density at radius 2 is 1.84 bits per heavy atom. The average molecular weight is 259 g/mol. The molecule has 0 aliphatic carbocycles. The van der Waals surface area contributed by atoms with Crippen molar-refractivity contribution in [2.75, 3.05) is 37.6 Å². The molecule has 2 fully saturated rings. The van der Waals surface area contributed by atoms with Gasteiger partial charge in [-0.2, -0.15) is 0 Å². The molecule has 1 spiro atoms. The molecule has 3 rings (SSSR count). The second-order valence-corrected chi connectivity index (χ2v) is 6.16. The van der Waals surface area contributed by atoms with Gasteiger partial charge in [0.1, 0.15) is 0 Å². The molecular weight excluding hydrogens is 234 g/mol. The van der Waals surface area contributed by atoms with Gasteiger partial charge in [-0.1, -0.05) is 6.92 Å². The molecule has 0 unspecified atom stereocenters. The van der Waals surface area contributed by atoms with E-state index in [2.05, 4.69) is 33.8 Å². The summed E-state index contributed by atoms with van der Waals surface area (Å²) in [6.45, 7) is 8.53. The Hall–Kier alpha value is -1.09. The van der Waals surface area contributed by atoms with Crippen LogP contribution in [0.15, 0.2) is 24.5 Å². The smallest absolute Gasteiger partial charge is 0.0397 e. The summed E-state index contributed by atoms with van der Waals surface area (Å²) in [5, 5.41) is 0. The van der Waals surface area contributed by atoms with Crippen LogP contribution in [-0.4, -0.2) is 42.6 Å². The third-order valence-corrected chi connectivity index (χ3v) is 5.05. The first-order valence-electron chi connectivity index (χ1n) is 7.69. The summed E-state index contributed by atoms with van der Waals surface area (Å²) in [6.07, 6.45) is 9.35. The van der Waals surface area contributed by atoms with E-state index in [-0.39, 0.29) is 0 Å². The van der Waals surface area contributed by atoms with Gasteiger partial charge in [-0.3, -0.25) is 4.98 Å². The highest BCUT2D eigenvalue weighted by Gasteiger charge is 2.38. The van der Waals surface area contributed by atoms with Gasteiger partial charge in [0.25, 0.3) is 0 Å². The number of hydrogen-bond acceptors (Lipinski definition) is 3. The van der Waals surface area contributed by atoms with Crippen LogP contribution in [0.2, 0.25) is 0 Å². The lowest BCUT2D eigenvalue weighted by Gasteiger charge is -2.48. The van der Waals surface area contributed by atoms with Gasteiger partial charge in [0.15, 0.2) is 0 Å². The lowest BCUT2D eigenvalue weighted by molar-refractivity contribution is 0.0914. The highest BCUT2D eigenvalue weighted by atomic mass is 15.2. The van der Waals surface area contributed by atoms with E-state index in [9.17, 15) is 0 Å². The zero-order valence-corrected chi connectivity index (χ0v) is 12.0. The molecule has 3 nitrogen and oxygen atoms in total. The Labute approximate surface area is 116 Å². The molecule has 0 atom stereocenters. The summed E-state index contributed by atoms with van der Waals surface area (Å²) >= 11 is 0. The van der Waals surface area contributed by atoms with E-state index in [0.717, 1.165) is 0 Å². The van der Waals surface area contributed by atoms with Crippen molar-refractivity contribution in [1.29, 1.82) is 0 Å². The van der Waals surface area contributed by atoms with Crippen molar-refractivity contribution >= 4 is 5.69 Å². The van der Waals surface area contributed by atoms with Gasteiger partial charge in [0.2, 0.25) is 0 Å². The first-order valence-corrected chi connectivity index (χ1v) is 7.69. The van der Waals surface area contributed by atoms with Gasteiger partial charge < -0.3 is 9.80 Å². The van der Waals surface area contributed by atoms with Crippen molar-refractivity contribution in [2.24, 2.45) is 5.41 Å². The lowest BCUT2D eigenvalue weighted by atomic mass is 9.72. The van der Waals surface area contributed by atoms with Gasteiger partial charge in [0, 0.05) is 31.2 Å². The summed E-state index contributed by atoms with van der Waals surface area (Å²) < 4.78 is 0. The van der Waals surface area contributed by atoms with Crippen LogP contribution in [0.5, 0.6) is 0 Å². The van der Waals surface area contributed by atoms with Crippen LogP contribution >= 0.6 is 0 Å². The number of aromatic nitrogens is 1. The highest BCUT2D eigenvalue weighted by Crippen LogP contribution is 2.40. The minimum atomic E-state index is 0.577. The number of anilines is 1. The molecule has 3 heteroatoms. The molecule has 1 aromatic heterocycles. The molecule has 0 aromatic carbocycles. The van der Waals surface area contributed by atoms with Crippen LogP contribution in [-0.2, 0) is 0 Å². The summed E-state index contributed by atoms with van der Waals surface area (Å²) in [6, 6.07) is 4.31.